The first-order valence-corrected chi connectivity index (χ1v) is 15.5. The van der Waals surface area contributed by atoms with Crippen molar-refractivity contribution in [2.45, 2.75) is 0 Å². The second kappa shape index (κ2) is 10.5. The van der Waals surface area contributed by atoms with E-state index in [1.54, 1.807) is 0 Å². The average Bonchev–Trinajstić information content (AvgIpc) is 3.75. The Morgan fingerprint density at radius 2 is 1.16 bits per heavy atom. The van der Waals surface area contributed by atoms with Gasteiger partial charge in [-0.25, -0.2) is 0 Å². The van der Waals surface area contributed by atoms with Crippen LogP contribution in [0.5, 0.6) is 0 Å². The summed E-state index contributed by atoms with van der Waals surface area (Å²) in [6.45, 7) is 0. The molecule has 2 aromatic heterocycles. The minimum absolute atomic E-state index is 0.0719. The molecule has 0 unspecified atom stereocenters. The summed E-state index contributed by atoms with van der Waals surface area (Å²) in [5.74, 6) is 0. The first kappa shape index (κ1) is 20.3. The Morgan fingerprint density at radius 3 is 1.96 bits per heavy atom. The molecule has 9 aromatic rings. The van der Waals surface area contributed by atoms with Crippen LogP contribution in [0.1, 0.15) is 8.22 Å². The van der Waals surface area contributed by atoms with Gasteiger partial charge < -0.3 is 9.32 Å². The number of benzene rings is 7. The summed E-state index contributed by atoms with van der Waals surface area (Å²) in [5, 5.41) is 2.68. The standard InChI is InChI=1S/C42H27NOS/c1-3-11-28(12-4-1)30-19-21-32(22-20-30)43(33-23-24-35-34-15-7-9-17-38(34)44-39(35)27-33)37-25-31(29-13-5-2-6-14-29)26-41-42(37)36-16-8-10-18-40(36)45-41/h1-27H/i8D,10D,16D,18D,25D,26D. The fourth-order valence-electron chi connectivity index (χ4n) is 6.07. The summed E-state index contributed by atoms with van der Waals surface area (Å²) in [4.78, 5) is 1.96. The lowest BCUT2D eigenvalue weighted by Gasteiger charge is -2.27. The molecule has 0 saturated heterocycles. The molecule has 45 heavy (non-hydrogen) atoms. The zero-order valence-electron chi connectivity index (χ0n) is 29.9. The lowest BCUT2D eigenvalue weighted by atomic mass is 10.00. The molecule has 2 nitrogen and oxygen atoms in total. The third kappa shape index (κ3) is 4.40. The highest BCUT2D eigenvalue weighted by molar-refractivity contribution is 7.26. The quantitative estimate of drug-likeness (QED) is 0.196. The van der Waals surface area contributed by atoms with Gasteiger partial charge in [-0.15, -0.1) is 11.3 Å². The van der Waals surface area contributed by atoms with Crippen LogP contribution in [0.3, 0.4) is 0 Å². The van der Waals surface area contributed by atoms with E-state index in [0.29, 0.717) is 48.3 Å². The van der Waals surface area contributed by atoms with Crippen LogP contribution >= 0.6 is 11.3 Å². The molecule has 7 aromatic carbocycles. The minimum Gasteiger partial charge on any atom is -0.456 e. The summed E-state index contributed by atoms with van der Waals surface area (Å²) in [6, 6.07) is 40.5. The van der Waals surface area contributed by atoms with Crippen molar-refractivity contribution >= 4 is 70.5 Å². The highest BCUT2D eigenvalue weighted by Crippen LogP contribution is 2.48. The number of hydrogen-bond donors (Lipinski definition) is 0. The normalized spacial score (nSPS) is 13.4. The lowest BCUT2D eigenvalue weighted by molar-refractivity contribution is 0.669. The Hall–Kier alpha value is -5.64. The van der Waals surface area contributed by atoms with Gasteiger partial charge in [0, 0.05) is 48.4 Å². The molecule has 3 heteroatoms. The van der Waals surface area contributed by atoms with Crippen molar-refractivity contribution < 1.29 is 12.6 Å². The van der Waals surface area contributed by atoms with Gasteiger partial charge in [0.15, 0.2) is 0 Å². The van der Waals surface area contributed by atoms with E-state index in [9.17, 15) is 2.74 Å². The first-order valence-electron chi connectivity index (χ1n) is 17.7. The van der Waals surface area contributed by atoms with Crippen LogP contribution in [0.25, 0.3) is 64.4 Å². The molecule has 212 valence electrons. The van der Waals surface area contributed by atoms with Gasteiger partial charge in [0.25, 0.3) is 0 Å². The maximum atomic E-state index is 9.93. The van der Waals surface area contributed by atoms with Crippen LogP contribution in [0, 0.1) is 0 Å². The number of fused-ring (bicyclic) bond motifs is 6. The van der Waals surface area contributed by atoms with Crippen molar-refractivity contribution in [3.63, 3.8) is 0 Å². The zero-order valence-corrected chi connectivity index (χ0v) is 24.7. The van der Waals surface area contributed by atoms with E-state index < -0.39 is 0 Å². The molecule has 0 bridgehead atoms. The van der Waals surface area contributed by atoms with Crippen molar-refractivity contribution in [3.8, 4) is 22.3 Å². The third-order valence-corrected chi connectivity index (χ3v) is 9.21. The second-order valence-electron chi connectivity index (χ2n) is 10.9. The van der Waals surface area contributed by atoms with Crippen LogP contribution in [-0.2, 0) is 0 Å². The predicted molar refractivity (Wildman–Crippen MR) is 192 cm³/mol. The van der Waals surface area contributed by atoms with Gasteiger partial charge in [-0.1, -0.05) is 109 Å². The van der Waals surface area contributed by atoms with E-state index in [2.05, 4.69) is 12.1 Å². The van der Waals surface area contributed by atoms with E-state index in [0.717, 1.165) is 33.2 Å². The number of nitrogens with zero attached hydrogens (tertiary/aromatic N) is 1. The summed E-state index contributed by atoms with van der Waals surface area (Å²) in [6.07, 6.45) is 0. The van der Waals surface area contributed by atoms with Gasteiger partial charge in [0.2, 0.25) is 0 Å². The number of thiophene rings is 1. The molecular weight excluding hydrogens is 567 g/mol. The Balaban J connectivity index is 1.42. The Bertz CT molecular complexity index is 2810. The van der Waals surface area contributed by atoms with Crippen LogP contribution in [-0.4, -0.2) is 0 Å². The number of rotatable bonds is 5. The van der Waals surface area contributed by atoms with Crippen molar-refractivity contribution in [1.82, 2.24) is 0 Å². The first-order chi connectivity index (χ1) is 24.8. The van der Waals surface area contributed by atoms with Gasteiger partial charge in [0.1, 0.15) is 11.2 Å². The largest absolute Gasteiger partial charge is 0.456 e. The van der Waals surface area contributed by atoms with Gasteiger partial charge in [0.05, 0.1) is 13.9 Å². The molecule has 0 N–H and O–H groups in total. The number of furan rings is 1. The minimum atomic E-state index is -0.356. The summed E-state index contributed by atoms with van der Waals surface area (Å²) >= 11 is 1.17. The third-order valence-electron chi connectivity index (χ3n) is 8.19. The molecule has 0 saturated carbocycles. The predicted octanol–water partition coefficient (Wildman–Crippen LogP) is 12.8. The molecule has 2 heterocycles. The molecule has 0 fully saturated rings. The molecular formula is C42H27NOS. The number of para-hydroxylation sites is 1. The topological polar surface area (TPSA) is 16.4 Å². The molecule has 0 aliphatic carbocycles. The highest BCUT2D eigenvalue weighted by Gasteiger charge is 2.21. The number of hydrogen-bond acceptors (Lipinski definition) is 3. The smallest absolute Gasteiger partial charge is 0.137 e. The molecule has 0 amide bonds. The maximum absolute atomic E-state index is 9.93. The molecule has 0 aliphatic rings. The van der Waals surface area contributed by atoms with Gasteiger partial charge in [-0.3, -0.25) is 0 Å². The van der Waals surface area contributed by atoms with E-state index in [4.69, 9.17) is 9.90 Å². The lowest BCUT2D eigenvalue weighted by Crippen LogP contribution is -2.10. The maximum Gasteiger partial charge on any atom is 0.137 e. The highest BCUT2D eigenvalue weighted by atomic mass is 32.1. The Labute approximate surface area is 273 Å². The van der Waals surface area contributed by atoms with Crippen molar-refractivity contribution in [3.05, 3.63) is 164 Å². The van der Waals surface area contributed by atoms with E-state index in [1.807, 2.05) is 120 Å². The number of anilines is 3. The summed E-state index contributed by atoms with van der Waals surface area (Å²) in [5.41, 5.74) is 6.46. The van der Waals surface area contributed by atoms with Gasteiger partial charge in [-0.05, 0) is 70.7 Å². The second-order valence-corrected chi connectivity index (χ2v) is 11.9. The van der Waals surface area contributed by atoms with Crippen molar-refractivity contribution in [2.75, 3.05) is 4.90 Å². The van der Waals surface area contributed by atoms with Crippen LogP contribution in [0.4, 0.5) is 17.1 Å². The molecule has 0 atom stereocenters. The van der Waals surface area contributed by atoms with Gasteiger partial charge in [-0.2, -0.15) is 0 Å². The van der Waals surface area contributed by atoms with Crippen molar-refractivity contribution in [2.24, 2.45) is 0 Å². The fraction of sp³-hybridized carbons (Fsp3) is 0. The van der Waals surface area contributed by atoms with E-state index in [1.165, 1.54) is 11.3 Å². The fourth-order valence-corrected chi connectivity index (χ4v) is 7.09. The molecule has 0 spiro atoms. The monoisotopic (exact) mass is 599 g/mol. The van der Waals surface area contributed by atoms with Gasteiger partial charge >= 0.3 is 0 Å². The Morgan fingerprint density at radius 1 is 0.511 bits per heavy atom. The van der Waals surface area contributed by atoms with Crippen LogP contribution < -0.4 is 4.90 Å². The summed E-state index contributed by atoms with van der Waals surface area (Å²) in [7, 11) is 0. The molecule has 9 rings (SSSR count). The molecule has 0 radical (unpaired) electrons. The van der Waals surface area contributed by atoms with E-state index in [-0.39, 0.29) is 36.3 Å². The van der Waals surface area contributed by atoms with Crippen LogP contribution in [0.2, 0.25) is 0 Å². The SMILES string of the molecule is [2H]c1c([2H])c([2H])c2c(sc3c([2H])c(-c4ccccc4)c([2H])c(N(c4ccc(-c5ccccc5)cc4)c4ccc5c(c4)oc4ccccc45)c32)c1[2H]. The average molecular weight is 600 g/mol. The summed E-state index contributed by atoms with van der Waals surface area (Å²) < 4.78 is 61.6. The van der Waals surface area contributed by atoms with Crippen LogP contribution in [0.15, 0.2) is 168 Å². The van der Waals surface area contributed by atoms with E-state index >= 15 is 0 Å². The molecule has 0 aliphatic heterocycles. The van der Waals surface area contributed by atoms with Crippen molar-refractivity contribution in [1.29, 1.82) is 0 Å². The zero-order chi connectivity index (χ0) is 35.0. The Kier molecular flexibility index (Phi) is 4.75.